The van der Waals surface area contributed by atoms with Crippen LogP contribution >= 0.6 is 0 Å². The molecule has 1 aliphatic carbocycles. The summed E-state index contributed by atoms with van der Waals surface area (Å²) in [5.74, 6) is -0.671. The number of carboxylic acids is 1. The Morgan fingerprint density at radius 3 is 2.52 bits per heavy atom. The molecule has 1 aliphatic rings. The predicted molar refractivity (Wildman–Crippen MR) is 80.0 cm³/mol. The van der Waals surface area contributed by atoms with E-state index in [-0.39, 0.29) is 0 Å². The van der Waals surface area contributed by atoms with Crippen molar-refractivity contribution in [3.8, 4) is 0 Å². The first-order valence-corrected chi connectivity index (χ1v) is 6.86. The Balaban J connectivity index is 2.22. The highest BCUT2D eigenvalue weighted by molar-refractivity contribution is 5.76. The molecule has 0 saturated carbocycles. The monoisotopic (exact) mass is 288 g/mol. The van der Waals surface area contributed by atoms with Crippen LogP contribution in [-0.4, -0.2) is 30.9 Å². The Hall–Kier alpha value is -2.07. The first-order valence-electron chi connectivity index (χ1n) is 6.86. The predicted octanol–water partition coefficient (Wildman–Crippen LogP) is 3.12. The number of allylic oxidation sites excluding steroid dienone is 1. The normalized spacial score (nSPS) is 22.5. The van der Waals surface area contributed by atoms with E-state index in [2.05, 4.69) is 0 Å². The van der Waals surface area contributed by atoms with Gasteiger partial charge in [0, 0.05) is 13.5 Å². The average molecular weight is 288 g/mol. The van der Waals surface area contributed by atoms with Gasteiger partial charge in [0.25, 0.3) is 0 Å². The van der Waals surface area contributed by atoms with Gasteiger partial charge in [-0.05, 0) is 30.2 Å². The topological polar surface area (TPSA) is 55.8 Å². The molecule has 0 fully saturated rings. The van der Waals surface area contributed by atoms with Crippen LogP contribution in [0, 0.1) is 0 Å². The summed E-state index contributed by atoms with van der Waals surface area (Å²) in [5, 5.41) is 9.55. The van der Waals surface area contributed by atoms with E-state index in [9.17, 15) is 9.90 Å². The second kappa shape index (κ2) is 6.59. The fourth-order valence-electron chi connectivity index (χ4n) is 2.56. The van der Waals surface area contributed by atoms with Gasteiger partial charge in [0.05, 0.1) is 18.6 Å². The summed E-state index contributed by atoms with van der Waals surface area (Å²) in [6.07, 6.45) is 6.63. The van der Waals surface area contributed by atoms with E-state index < -0.39 is 17.5 Å². The maximum Gasteiger partial charge on any atom is 0.311 e. The molecular weight excluding hydrogens is 268 g/mol. The number of carboxylic acid groups (broad SMARTS) is 1. The second-order valence-corrected chi connectivity index (χ2v) is 5.12. The van der Waals surface area contributed by atoms with Crippen molar-refractivity contribution >= 4 is 5.97 Å². The lowest BCUT2D eigenvalue weighted by Gasteiger charge is -2.33. The molecule has 112 valence electrons. The number of rotatable bonds is 6. The number of carbonyl (C=O) groups is 1. The number of aliphatic carboxylic acids is 1. The summed E-state index contributed by atoms with van der Waals surface area (Å²) >= 11 is 0. The van der Waals surface area contributed by atoms with Gasteiger partial charge in [-0.1, -0.05) is 30.3 Å². The van der Waals surface area contributed by atoms with Gasteiger partial charge in [-0.2, -0.15) is 0 Å². The minimum atomic E-state index is -0.840. The number of ether oxygens (including phenoxy) is 2. The maximum absolute atomic E-state index is 11.6. The van der Waals surface area contributed by atoms with Gasteiger partial charge in [0.2, 0.25) is 0 Å². The summed E-state index contributed by atoms with van der Waals surface area (Å²) in [6.45, 7) is 0. The molecule has 0 heterocycles. The number of hydrogen-bond acceptors (Lipinski definition) is 3. The molecule has 21 heavy (non-hydrogen) atoms. The van der Waals surface area contributed by atoms with Crippen LogP contribution in [-0.2, 0) is 14.3 Å². The van der Waals surface area contributed by atoms with Crippen molar-refractivity contribution in [3.05, 3.63) is 59.9 Å². The molecule has 2 unspecified atom stereocenters. The highest BCUT2D eigenvalue weighted by Crippen LogP contribution is 2.35. The second-order valence-electron chi connectivity index (χ2n) is 5.12. The number of methoxy groups -OCH3 is 2. The highest BCUT2D eigenvalue weighted by Gasteiger charge is 2.35. The molecule has 2 rings (SSSR count). The quantitative estimate of drug-likeness (QED) is 0.873. The third-order valence-electron chi connectivity index (χ3n) is 3.89. The summed E-state index contributed by atoms with van der Waals surface area (Å²) < 4.78 is 10.8. The van der Waals surface area contributed by atoms with Crippen molar-refractivity contribution in [2.45, 2.75) is 24.4 Å². The molecule has 1 aromatic rings. The lowest BCUT2D eigenvalue weighted by atomic mass is 9.82. The zero-order valence-electron chi connectivity index (χ0n) is 12.3. The first-order chi connectivity index (χ1) is 10.1. The van der Waals surface area contributed by atoms with Gasteiger partial charge in [-0.15, -0.1) is 0 Å². The highest BCUT2D eigenvalue weighted by atomic mass is 16.5. The molecule has 1 N–H and O–H groups in total. The molecule has 0 aromatic heterocycles. The third kappa shape index (κ3) is 3.52. The number of hydrogen-bond donors (Lipinski definition) is 1. The lowest BCUT2D eigenvalue weighted by Crippen LogP contribution is -2.34. The molecule has 0 bridgehead atoms. The Morgan fingerprint density at radius 1 is 1.33 bits per heavy atom. The molecule has 2 atom stereocenters. The van der Waals surface area contributed by atoms with Crippen LogP contribution in [0.5, 0.6) is 0 Å². The minimum absolute atomic E-state index is 0.382. The van der Waals surface area contributed by atoms with Gasteiger partial charge in [0.15, 0.2) is 0 Å². The van der Waals surface area contributed by atoms with Gasteiger partial charge < -0.3 is 14.6 Å². The molecule has 0 spiro atoms. The van der Waals surface area contributed by atoms with E-state index in [1.165, 1.54) is 0 Å². The fraction of sp³-hybridized carbons (Fsp3) is 0.353. The largest absolute Gasteiger partial charge is 0.497 e. The van der Waals surface area contributed by atoms with Crippen LogP contribution in [0.25, 0.3) is 0 Å². The van der Waals surface area contributed by atoms with Gasteiger partial charge in [-0.25, -0.2) is 0 Å². The molecule has 0 saturated heterocycles. The Bertz CT molecular complexity index is 547. The molecular formula is C17H20O4. The maximum atomic E-state index is 11.6. The Morgan fingerprint density at radius 2 is 2.05 bits per heavy atom. The van der Waals surface area contributed by atoms with E-state index in [4.69, 9.17) is 9.47 Å². The SMILES string of the molecule is COC1=CCC(CC(C(=O)O)c2ccccc2)(OC)C=C1. The van der Waals surface area contributed by atoms with Crippen molar-refractivity contribution in [2.75, 3.05) is 14.2 Å². The Kier molecular flexibility index (Phi) is 4.81. The summed E-state index contributed by atoms with van der Waals surface area (Å²) in [7, 11) is 3.22. The first kappa shape index (κ1) is 15.3. The van der Waals surface area contributed by atoms with Crippen molar-refractivity contribution < 1.29 is 19.4 Å². The molecule has 4 nitrogen and oxygen atoms in total. The van der Waals surface area contributed by atoms with Crippen LogP contribution in [0.4, 0.5) is 0 Å². The van der Waals surface area contributed by atoms with Crippen LogP contribution < -0.4 is 0 Å². The molecule has 0 radical (unpaired) electrons. The standard InChI is InChI=1S/C17H20O4/c1-20-14-8-10-17(21-2,11-9-14)12-15(16(18)19)13-6-4-3-5-7-13/h3-10,15H,11-12H2,1-2H3,(H,18,19). The minimum Gasteiger partial charge on any atom is -0.497 e. The van der Waals surface area contributed by atoms with Crippen LogP contribution in [0.2, 0.25) is 0 Å². The van der Waals surface area contributed by atoms with Crippen molar-refractivity contribution in [1.29, 1.82) is 0 Å². The lowest BCUT2D eigenvalue weighted by molar-refractivity contribution is -0.140. The van der Waals surface area contributed by atoms with Crippen LogP contribution in [0.15, 0.2) is 54.3 Å². The third-order valence-corrected chi connectivity index (χ3v) is 3.89. The van der Waals surface area contributed by atoms with E-state index in [1.807, 2.05) is 48.6 Å². The van der Waals surface area contributed by atoms with E-state index in [0.717, 1.165) is 11.3 Å². The molecule has 0 amide bonds. The Labute approximate surface area is 124 Å². The fourth-order valence-corrected chi connectivity index (χ4v) is 2.56. The van der Waals surface area contributed by atoms with E-state index >= 15 is 0 Å². The zero-order valence-corrected chi connectivity index (χ0v) is 12.3. The summed E-state index contributed by atoms with van der Waals surface area (Å²) in [4.78, 5) is 11.6. The molecule has 1 aromatic carbocycles. The van der Waals surface area contributed by atoms with E-state index in [0.29, 0.717) is 12.8 Å². The zero-order chi connectivity index (χ0) is 15.3. The summed E-state index contributed by atoms with van der Waals surface area (Å²) in [5.41, 5.74) is 0.178. The summed E-state index contributed by atoms with van der Waals surface area (Å²) in [6, 6.07) is 9.26. The van der Waals surface area contributed by atoms with E-state index in [1.54, 1.807) is 14.2 Å². The van der Waals surface area contributed by atoms with Gasteiger partial charge >= 0.3 is 5.97 Å². The van der Waals surface area contributed by atoms with Crippen LogP contribution in [0.3, 0.4) is 0 Å². The van der Waals surface area contributed by atoms with Crippen LogP contribution in [0.1, 0.15) is 24.3 Å². The number of benzene rings is 1. The van der Waals surface area contributed by atoms with Gasteiger partial charge in [-0.3, -0.25) is 4.79 Å². The van der Waals surface area contributed by atoms with Crippen molar-refractivity contribution in [1.82, 2.24) is 0 Å². The van der Waals surface area contributed by atoms with Crippen molar-refractivity contribution in [2.24, 2.45) is 0 Å². The van der Waals surface area contributed by atoms with Gasteiger partial charge in [0.1, 0.15) is 5.76 Å². The molecule has 0 aliphatic heterocycles. The van der Waals surface area contributed by atoms with Crippen molar-refractivity contribution in [3.63, 3.8) is 0 Å². The smallest absolute Gasteiger partial charge is 0.311 e. The average Bonchev–Trinajstić information content (AvgIpc) is 2.54. The molecule has 4 heteroatoms.